The lowest BCUT2D eigenvalue weighted by Crippen LogP contribution is -2.45. The molecule has 0 saturated carbocycles. The second kappa shape index (κ2) is 6.55. The molecule has 1 aliphatic rings. The van der Waals surface area contributed by atoms with Gasteiger partial charge in [0.1, 0.15) is 6.54 Å². The average molecular weight is 299 g/mol. The summed E-state index contributed by atoms with van der Waals surface area (Å²) < 4.78 is 0. The molecular formula is C13H21N3O5. The van der Waals surface area contributed by atoms with Gasteiger partial charge >= 0.3 is 12.0 Å². The molecule has 8 heteroatoms. The van der Waals surface area contributed by atoms with Crippen molar-refractivity contribution in [2.75, 3.05) is 20.1 Å². The zero-order chi connectivity index (χ0) is 16.2. The van der Waals surface area contributed by atoms with E-state index in [1.54, 1.807) is 20.9 Å². The van der Waals surface area contributed by atoms with Gasteiger partial charge in [-0.2, -0.15) is 0 Å². The molecular weight excluding hydrogens is 278 g/mol. The van der Waals surface area contributed by atoms with Gasteiger partial charge in [0.15, 0.2) is 0 Å². The normalized spacial score (nSPS) is 15.6. The first-order valence-electron chi connectivity index (χ1n) is 6.70. The lowest BCUT2D eigenvalue weighted by molar-refractivity contribution is -0.138. The van der Waals surface area contributed by atoms with Gasteiger partial charge in [0.25, 0.3) is 0 Å². The highest BCUT2D eigenvalue weighted by molar-refractivity contribution is 6.01. The molecule has 0 aromatic rings. The number of hydrogen-bond donors (Lipinski definition) is 2. The van der Waals surface area contributed by atoms with Crippen molar-refractivity contribution in [1.82, 2.24) is 15.1 Å². The van der Waals surface area contributed by atoms with Crippen molar-refractivity contribution in [3.8, 4) is 0 Å². The molecule has 0 aliphatic carbocycles. The average Bonchev–Trinajstić information content (AvgIpc) is 2.52. The maximum Gasteiger partial charge on any atom is 0.326 e. The van der Waals surface area contributed by atoms with Crippen LogP contribution in [0.2, 0.25) is 0 Å². The second-order valence-corrected chi connectivity index (χ2v) is 5.79. The standard InChI is InChI=1S/C13H21N3O5/c1-13(2,7-11(19)20)14-9(17)5-4-6-16-10(18)8-15(3)12(16)21/h4-8H2,1-3H3,(H,14,17)(H,19,20). The zero-order valence-electron chi connectivity index (χ0n) is 12.5. The Balaban J connectivity index is 2.36. The SMILES string of the molecule is CN1CC(=O)N(CCCC(=O)NC(C)(C)CC(=O)O)C1=O. The van der Waals surface area contributed by atoms with Gasteiger partial charge in [-0.3, -0.25) is 19.3 Å². The van der Waals surface area contributed by atoms with E-state index in [0.717, 1.165) is 4.90 Å². The molecule has 21 heavy (non-hydrogen) atoms. The fourth-order valence-corrected chi connectivity index (χ4v) is 2.15. The van der Waals surface area contributed by atoms with E-state index in [1.807, 2.05) is 0 Å². The van der Waals surface area contributed by atoms with Gasteiger partial charge in [-0.05, 0) is 20.3 Å². The first-order chi connectivity index (χ1) is 9.62. The Morgan fingerprint density at radius 2 is 1.95 bits per heavy atom. The molecule has 1 aliphatic heterocycles. The van der Waals surface area contributed by atoms with Crippen molar-refractivity contribution in [2.24, 2.45) is 0 Å². The van der Waals surface area contributed by atoms with E-state index < -0.39 is 11.5 Å². The molecule has 0 aromatic heterocycles. The van der Waals surface area contributed by atoms with Gasteiger partial charge in [0, 0.05) is 25.6 Å². The molecule has 0 unspecified atom stereocenters. The fraction of sp³-hybridized carbons (Fsp3) is 0.692. The van der Waals surface area contributed by atoms with Gasteiger partial charge in [-0.25, -0.2) is 4.79 Å². The van der Waals surface area contributed by atoms with Crippen LogP contribution >= 0.6 is 0 Å². The number of carboxylic acid groups (broad SMARTS) is 1. The molecule has 0 aromatic carbocycles. The minimum atomic E-state index is -0.989. The third-order valence-electron chi connectivity index (χ3n) is 3.09. The summed E-state index contributed by atoms with van der Waals surface area (Å²) >= 11 is 0. The summed E-state index contributed by atoms with van der Waals surface area (Å²) in [5, 5.41) is 11.4. The van der Waals surface area contributed by atoms with Crippen LogP contribution in [0, 0.1) is 0 Å². The zero-order valence-corrected chi connectivity index (χ0v) is 12.5. The summed E-state index contributed by atoms with van der Waals surface area (Å²) in [7, 11) is 1.54. The topological polar surface area (TPSA) is 107 Å². The molecule has 4 amide bonds. The Morgan fingerprint density at radius 3 is 2.43 bits per heavy atom. The maximum atomic E-state index is 11.7. The molecule has 2 N–H and O–H groups in total. The summed E-state index contributed by atoms with van der Waals surface area (Å²) in [6.07, 6.45) is 0.302. The van der Waals surface area contributed by atoms with Crippen molar-refractivity contribution >= 4 is 23.8 Å². The molecule has 8 nitrogen and oxygen atoms in total. The van der Waals surface area contributed by atoms with E-state index in [4.69, 9.17) is 5.11 Å². The number of nitrogens with one attached hydrogen (secondary N) is 1. The highest BCUT2D eigenvalue weighted by Crippen LogP contribution is 2.11. The number of rotatable bonds is 7. The number of nitrogens with zero attached hydrogens (tertiary/aromatic N) is 2. The number of imide groups is 1. The van der Waals surface area contributed by atoms with Crippen LogP contribution in [0.5, 0.6) is 0 Å². The van der Waals surface area contributed by atoms with Crippen molar-refractivity contribution < 1.29 is 24.3 Å². The molecule has 1 heterocycles. The monoisotopic (exact) mass is 299 g/mol. The molecule has 0 bridgehead atoms. The van der Waals surface area contributed by atoms with Crippen LogP contribution in [-0.2, 0) is 14.4 Å². The van der Waals surface area contributed by atoms with Crippen molar-refractivity contribution in [3.05, 3.63) is 0 Å². The van der Waals surface area contributed by atoms with Crippen molar-refractivity contribution in [2.45, 2.75) is 38.6 Å². The minimum Gasteiger partial charge on any atom is -0.481 e. The minimum absolute atomic E-state index is 0.0661. The predicted octanol–water partition coefficient (Wildman–Crippen LogP) is 0.0301. The highest BCUT2D eigenvalue weighted by atomic mass is 16.4. The Morgan fingerprint density at radius 1 is 1.33 bits per heavy atom. The van der Waals surface area contributed by atoms with E-state index >= 15 is 0 Å². The molecule has 0 atom stereocenters. The van der Waals surface area contributed by atoms with Crippen molar-refractivity contribution in [3.63, 3.8) is 0 Å². The van der Waals surface area contributed by atoms with Crippen LogP contribution in [0.4, 0.5) is 4.79 Å². The van der Waals surface area contributed by atoms with Gasteiger partial charge in [-0.15, -0.1) is 0 Å². The number of urea groups is 1. The van der Waals surface area contributed by atoms with E-state index in [1.165, 1.54) is 4.90 Å². The third-order valence-corrected chi connectivity index (χ3v) is 3.09. The van der Waals surface area contributed by atoms with Crippen LogP contribution in [0.25, 0.3) is 0 Å². The number of carbonyl (C=O) groups excluding carboxylic acids is 3. The van der Waals surface area contributed by atoms with Crippen LogP contribution in [-0.4, -0.2) is 64.4 Å². The summed E-state index contributed by atoms with van der Waals surface area (Å²) in [5.74, 6) is -1.56. The van der Waals surface area contributed by atoms with Gasteiger partial charge in [-0.1, -0.05) is 0 Å². The van der Waals surface area contributed by atoms with Gasteiger partial charge in [0.2, 0.25) is 11.8 Å². The van der Waals surface area contributed by atoms with Gasteiger partial charge in [0.05, 0.1) is 6.42 Å². The first-order valence-corrected chi connectivity index (χ1v) is 6.70. The Labute approximate surface area is 123 Å². The Bertz CT molecular complexity index is 461. The van der Waals surface area contributed by atoms with Crippen LogP contribution in [0.1, 0.15) is 33.1 Å². The highest BCUT2D eigenvalue weighted by Gasteiger charge is 2.33. The van der Waals surface area contributed by atoms with E-state index in [2.05, 4.69) is 5.32 Å². The van der Waals surface area contributed by atoms with Crippen LogP contribution in [0.15, 0.2) is 0 Å². The molecule has 118 valence electrons. The molecule has 1 saturated heterocycles. The quantitative estimate of drug-likeness (QED) is 0.645. The summed E-state index contributed by atoms with van der Waals surface area (Å²) in [5.41, 5.74) is -0.831. The predicted molar refractivity (Wildman–Crippen MR) is 73.4 cm³/mol. The number of likely N-dealkylation sites (N-methyl/N-ethyl adjacent to an activating group) is 1. The molecule has 1 fully saturated rings. The number of carbonyl (C=O) groups is 4. The van der Waals surface area contributed by atoms with Gasteiger partial charge < -0.3 is 15.3 Å². The summed E-state index contributed by atoms with van der Waals surface area (Å²) in [6.45, 7) is 3.51. The smallest absolute Gasteiger partial charge is 0.326 e. The van der Waals surface area contributed by atoms with E-state index in [9.17, 15) is 19.2 Å². The van der Waals surface area contributed by atoms with Crippen LogP contribution < -0.4 is 5.32 Å². The number of carboxylic acids is 1. The summed E-state index contributed by atoms with van der Waals surface area (Å²) in [6, 6.07) is -0.355. The van der Waals surface area contributed by atoms with E-state index in [0.29, 0.717) is 6.42 Å². The second-order valence-electron chi connectivity index (χ2n) is 5.79. The summed E-state index contributed by atoms with van der Waals surface area (Å²) in [4.78, 5) is 48.0. The molecule has 0 spiro atoms. The maximum absolute atomic E-state index is 11.7. The Hall–Kier alpha value is -2.12. The lowest BCUT2D eigenvalue weighted by Gasteiger charge is -2.24. The molecule has 0 radical (unpaired) electrons. The number of aliphatic carboxylic acids is 1. The number of hydrogen-bond acceptors (Lipinski definition) is 4. The third kappa shape index (κ3) is 5.05. The molecule has 1 rings (SSSR count). The van der Waals surface area contributed by atoms with E-state index in [-0.39, 0.29) is 43.8 Å². The van der Waals surface area contributed by atoms with Crippen molar-refractivity contribution in [1.29, 1.82) is 0 Å². The first kappa shape index (κ1) is 16.9. The fourth-order valence-electron chi connectivity index (χ4n) is 2.15. The lowest BCUT2D eigenvalue weighted by atomic mass is 10.0. The Kier molecular flexibility index (Phi) is 5.28. The van der Waals surface area contributed by atoms with Crippen LogP contribution in [0.3, 0.4) is 0 Å². The number of amides is 4. The largest absolute Gasteiger partial charge is 0.481 e.